The Morgan fingerprint density at radius 2 is 2.50 bits per heavy atom. The fourth-order valence-corrected chi connectivity index (χ4v) is 3.01. The van der Waals surface area contributed by atoms with E-state index in [1.165, 1.54) is 0 Å². The Bertz CT molecular complexity index is 425. The van der Waals surface area contributed by atoms with Crippen LogP contribution >= 0.6 is 11.3 Å². The van der Waals surface area contributed by atoms with E-state index in [1.54, 1.807) is 11.3 Å². The van der Waals surface area contributed by atoms with E-state index in [2.05, 4.69) is 0 Å². The maximum Gasteiger partial charge on any atom is 0.249 e. The first-order valence-corrected chi connectivity index (χ1v) is 7.20. The van der Waals surface area contributed by atoms with Gasteiger partial charge >= 0.3 is 0 Å². The minimum absolute atomic E-state index is 0.0987. The lowest BCUT2D eigenvalue weighted by molar-refractivity contribution is -0.129. The Hall–Kier alpha value is -1.13. The lowest BCUT2D eigenvalue weighted by Gasteiger charge is -2.32. The standard InChI is InChI=1S/C14H19NO2S/c1-11(8-13-5-3-7-18-13)14(17)15-6-2-4-12(9-15)10-16/h3,5,7-8,12,16H,2,4,6,9-10H2,1H3/b11-8+. The third-order valence-corrected chi connectivity index (χ3v) is 4.12. The molecule has 1 N–H and O–H groups in total. The van der Waals surface area contributed by atoms with Crippen molar-refractivity contribution in [2.24, 2.45) is 5.92 Å². The van der Waals surface area contributed by atoms with E-state index < -0.39 is 0 Å². The SMILES string of the molecule is C/C(=C\c1cccs1)C(=O)N1CCCC(CO)C1. The van der Waals surface area contributed by atoms with E-state index in [0.29, 0.717) is 6.54 Å². The van der Waals surface area contributed by atoms with E-state index in [4.69, 9.17) is 0 Å². The van der Waals surface area contributed by atoms with E-state index in [9.17, 15) is 9.90 Å². The molecule has 1 atom stereocenters. The molecular weight excluding hydrogens is 246 g/mol. The Labute approximate surface area is 112 Å². The van der Waals surface area contributed by atoms with Gasteiger partial charge in [-0.15, -0.1) is 11.3 Å². The smallest absolute Gasteiger partial charge is 0.249 e. The van der Waals surface area contributed by atoms with Crippen molar-refractivity contribution in [3.05, 3.63) is 28.0 Å². The van der Waals surface area contributed by atoms with Crippen LogP contribution in [0.1, 0.15) is 24.6 Å². The average molecular weight is 265 g/mol. The van der Waals surface area contributed by atoms with Gasteiger partial charge in [0.1, 0.15) is 0 Å². The zero-order valence-electron chi connectivity index (χ0n) is 10.6. The van der Waals surface area contributed by atoms with Gasteiger partial charge in [0.2, 0.25) is 5.91 Å². The van der Waals surface area contributed by atoms with Crippen molar-refractivity contribution in [3.63, 3.8) is 0 Å². The summed E-state index contributed by atoms with van der Waals surface area (Å²) in [7, 11) is 0. The Morgan fingerprint density at radius 1 is 1.67 bits per heavy atom. The number of carbonyl (C=O) groups is 1. The molecule has 0 aromatic carbocycles. The zero-order valence-corrected chi connectivity index (χ0v) is 11.4. The second-order valence-corrected chi connectivity index (χ2v) is 5.76. The van der Waals surface area contributed by atoms with Crippen LogP contribution in [0, 0.1) is 5.92 Å². The van der Waals surface area contributed by atoms with Crippen molar-refractivity contribution < 1.29 is 9.90 Å². The summed E-state index contributed by atoms with van der Waals surface area (Å²) >= 11 is 1.63. The van der Waals surface area contributed by atoms with Gasteiger partial charge in [-0.1, -0.05) is 6.07 Å². The summed E-state index contributed by atoms with van der Waals surface area (Å²) in [4.78, 5) is 15.2. The molecule has 1 fully saturated rings. The van der Waals surface area contributed by atoms with Crippen molar-refractivity contribution in [1.29, 1.82) is 0 Å². The highest BCUT2D eigenvalue weighted by molar-refractivity contribution is 7.10. The van der Waals surface area contributed by atoms with Gasteiger partial charge in [-0.25, -0.2) is 0 Å². The molecule has 0 saturated carbocycles. The number of aliphatic hydroxyl groups is 1. The summed E-state index contributed by atoms with van der Waals surface area (Å²) in [6.45, 7) is 3.54. The summed E-state index contributed by atoms with van der Waals surface area (Å²) < 4.78 is 0. The van der Waals surface area contributed by atoms with Gasteiger partial charge in [-0.3, -0.25) is 4.79 Å². The third kappa shape index (κ3) is 3.21. The monoisotopic (exact) mass is 265 g/mol. The zero-order chi connectivity index (χ0) is 13.0. The summed E-state index contributed by atoms with van der Waals surface area (Å²) in [5, 5.41) is 11.2. The highest BCUT2D eigenvalue weighted by Gasteiger charge is 2.23. The normalized spacial score (nSPS) is 21.1. The number of rotatable bonds is 3. The number of hydrogen-bond acceptors (Lipinski definition) is 3. The predicted molar refractivity (Wildman–Crippen MR) is 74.4 cm³/mol. The van der Waals surface area contributed by atoms with Crippen LogP contribution in [0.25, 0.3) is 6.08 Å². The fourth-order valence-electron chi connectivity index (χ4n) is 2.30. The maximum atomic E-state index is 12.3. The lowest BCUT2D eigenvalue weighted by atomic mass is 9.98. The molecule has 0 aliphatic carbocycles. The molecule has 0 radical (unpaired) electrons. The molecule has 0 spiro atoms. The van der Waals surface area contributed by atoms with Crippen LogP contribution in [0.2, 0.25) is 0 Å². The first-order chi connectivity index (χ1) is 8.70. The molecule has 98 valence electrons. The van der Waals surface area contributed by atoms with Gasteiger partial charge in [0, 0.05) is 30.1 Å². The molecule has 1 aromatic heterocycles. The van der Waals surface area contributed by atoms with E-state index in [0.717, 1.165) is 29.8 Å². The van der Waals surface area contributed by atoms with Crippen LogP contribution in [0.5, 0.6) is 0 Å². The number of amides is 1. The second kappa shape index (κ2) is 6.16. The van der Waals surface area contributed by atoms with Crippen LogP contribution < -0.4 is 0 Å². The largest absolute Gasteiger partial charge is 0.396 e. The number of nitrogens with zero attached hydrogens (tertiary/aromatic N) is 1. The summed E-state index contributed by atoms with van der Waals surface area (Å²) in [6, 6.07) is 3.99. The minimum Gasteiger partial charge on any atom is -0.396 e. The van der Waals surface area contributed by atoms with Gasteiger partial charge in [-0.2, -0.15) is 0 Å². The third-order valence-electron chi connectivity index (χ3n) is 3.30. The number of carbonyl (C=O) groups excluding carboxylic acids is 1. The van der Waals surface area contributed by atoms with Gasteiger partial charge < -0.3 is 10.0 Å². The number of thiophene rings is 1. The molecule has 2 rings (SSSR count). The van der Waals surface area contributed by atoms with Crippen molar-refractivity contribution in [2.45, 2.75) is 19.8 Å². The average Bonchev–Trinajstić information content (AvgIpc) is 2.90. The first-order valence-electron chi connectivity index (χ1n) is 6.32. The molecule has 0 bridgehead atoms. The molecule has 1 amide bonds. The summed E-state index contributed by atoms with van der Waals surface area (Å²) in [5.41, 5.74) is 0.774. The Morgan fingerprint density at radius 3 is 3.17 bits per heavy atom. The van der Waals surface area contributed by atoms with Gasteiger partial charge in [0.25, 0.3) is 0 Å². The van der Waals surface area contributed by atoms with Gasteiger partial charge in [0.15, 0.2) is 0 Å². The molecule has 3 nitrogen and oxygen atoms in total. The lowest BCUT2D eigenvalue weighted by Crippen LogP contribution is -2.41. The Kier molecular flexibility index (Phi) is 4.55. The Balaban J connectivity index is 2.02. The van der Waals surface area contributed by atoms with Crippen molar-refractivity contribution in [3.8, 4) is 0 Å². The van der Waals surface area contributed by atoms with Crippen molar-refractivity contribution in [1.82, 2.24) is 4.90 Å². The van der Waals surface area contributed by atoms with Crippen LogP contribution in [-0.2, 0) is 4.79 Å². The molecule has 1 aromatic rings. The summed E-state index contributed by atoms with van der Waals surface area (Å²) in [6.07, 6.45) is 3.95. The highest BCUT2D eigenvalue weighted by Crippen LogP contribution is 2.19. The number of aliphatic hydroxyl groups excluding tert-OH is 1. The topological polar surface area (TPSA) is 40.5 Å². The molecule has 18 heavy (non-hydrogen) atoms. The number of likely N-dealkylation sites (tertiary alicyclic amines) is 1. The van der Waals surface area contributed by atoms with Gasteiger partial charge in [-0.05, 0) is 43.2 Å². The molecule has 1 aliphatic rings. The molecule has 4 heteroatoms. The summed E-state index contributed by atoms with van der Waals surface area (Å²) in [5.74, 6) is 0.346. The molecule has 1 unspecified atom stereocenters. The van der Waals surface area contributed by atoms with Crippen molar-refractivity contribution in [2.75, 3.05) is 19.7 Å². The van der Waals surface area contributed by atoms with E-state index in [-0.39, 0.29) is 18.4 Å². The highest BCUT2D eigenvalue weighted by atomic mass is 32.1. The number of hydrogen-bond donors (Lipinski definition) is 1. The first kappa shape index (κ1) is 13.3. The minimum atomic E-state index is 0.0987. The second-order valence-electron chi connectivity index (χ2n) is 4.78. The van der Waals surface area contributed by atoms with E-state index >= 15 is 0 Å². The molecule has 1 saturated heterocycles. The maximum absolute atomic E-state index is 12.3. The van der Waals surface area contributed by atoms with Crippen LogP contribution in [0.4, 0.5) is 0 Å². The van der Waals surface area contributed by atoms with Crippen LogP contribution in [0.3, 0.4) is 0 Å². The molecular formula is C14H19NO2S. The van der Waals surface area contributed by atoms with Crippen molar-refractivity contribution >= 4 is 23.3 Å². The predicted octanol–water partition coefficient (Wildman–Crippen LogP) is 2.38. The van der Waals surface area contributed by atoms with E-state index in [1.807, 2.05) is 35.4 Å². The van der Waals surface area contributed by atoms with Crippen LogP contribution in [-0.4, -0.2) is 35.6 Å². The quantitative estimate of drug-likeness (QED) is 0.852. The van der Waals surface area contributed by atoms with Crippen LogP contribution in [0.15, 0.2) is 23.1 Å². The molecule has 1 aliphatic heterocycles. The fraction of sp³-hybridized carbons (Fsp3) is 0.500. The molecule has 2 heterocycles. The number of piperidine rings is 1. The van der Waals surface area contributed by atoms with Gasteiger partial charge in [0.05, 0.1) is 0 Å².